The minimum absolute atomic E-state index is 0.0605. The van der Waals surface area contributed by atoms with Crippen LogP contribution in [0.4, 0.5) is 8.78 Å². The van der Waals surface area contributed by atoms with Crippen LogP contribution in [0.2, 0.25) is 0 Å². The summed E-state index contributed by atoms with van der Waals surface area (Å²) in [7, 11) is 0. The number of benzene rings is 2. The van der Waals surface area contributed by atoms with Gasteiger partial charge in [0.25, 0.3) is 0 Å². The normalized spacial score (nSPS) is 10.4. The zero-order chi connectivity index (χ0) is 17.1. The zero-order valence-electron chi connectivity index (χ0n) is 12.5. The molecule has 0 radical (unpaired) electrons. The van der Waals surface area contributed by atoms with E-state index in [1.807, 2.05) is 0 Å². The van der Waals surface area contributed by atoms with Crippen molar-refractivity contribution in [3.63, 3.8) is 0 Å². The van der Waals surface area contributed by atoms with Gasteiger partial charge in [0.2, 0.25) is 0 Å². The van der Waals surface area contributed by atoms with Gasteiger partial charge in [-0.05, 0) is 42.3 Å². The first kappa shape index (κ1) is 16.6. The number of carboxylic acids is 1. The summed E-state index contributed by atoms with van der Waals surface area (Å²) in [6, 6.07) is 5.71. The van der Waals surface area contributed by atoms with Crippen molar-refractivity contribution in [3.8, 4) is 16.9 Å². The Hall–Kier alpha value is -2.76. The van der Waals surface area contributed by atoms with E-state index in [1.54, 1.807) is 13.8 Å². The van der Waals surface area contributed by atoms with Gasteiger partial charge in [-0.15, -0.1) is 0 Å². The summed E-state index contributed by atoms with van der Waals surface area (Å²) in [5, 5.41) is 9.32. The molecule has 0 aliphatic carbocycles. The predicted octanol–water partition coefficient (Wildman–Crippen LogP) is 3.95. The van der Waals surface area contributed by atoms with Crippen LogP contribution in [0.1, 0.15) is 29.3 Å². The lowest BCUT2D eigenvalue weighted by Crippen LogP contribution is -2.11. The molecule has 0 unspecified atom stereocenters. The van der Waals surface area contributed by atoms with E-state index >= 15 is 0 Å². The second-order valence-corrected chi connectivity index (χ2v) is 4.93. The van der Waals surface area contributed by atoms with Gasteiger partial charge in [-0.2, -0.15) is 0 Å². The quantitative estimate of drug-likeness (QED) is 0.684. The van der Waals surface area contributed by atoms with E-state index in [4.69, 9.17) is 4.74 Å². The largest absolute Gasteiger partial charge is 0.478 e. The van der Waals surface area contributed by atoms with Gasteiger partial charge in [-0.3, -0.25) is 4.79 Å². The van der Waals surface area contributed by atoms with Gasteiger partial charge in [0.05, 0.1) is 0 Å². The minimum Gasteiger partial charge on any atom is -0.478 e. The molecule has 0 aliphatic heterocycles. The molecule has 4 nitrogen and oxygen atoms in total. The standard InChI is InChI=1S/C17H14F2O4/c1-3-15(20)23-16-9(2)6-10(7-13(16)17(21)22)12-5-4-11(18)8-14(12)19/h4-8H,3H2,1-2H3,(H,21,22). The molecule has 120 valence electrons. The molecule has 2 aromatic carbocycles. The van der Waals surface area contributed by atoms with Crippen LogP contribution in [0.5, 0.6) is 5.75 Å². The fraction of sp³-hybridized carbons (Fsp3) is 0.176. The van der Waals surface area contributed by atoms with E-state index in [0.29, 0.717) is 5.56 Å². The van der Waals surface area contributed by atoms with Crippen LogP contribution in [0.25, 0.3) is 11.1 Å². The van der Waals surface area contributed by atoms with Crippen molar-refractivity contribution >= 4 is 11.9 Å². The number of carbonyl (C=O) groups is 2. The predicted molar refractivity (Wildman–Crippen MR) is 79.4 cm³/mol. The van der Waals surface area contributed by atoms with Gasteiger partial charge in [0.1, 0.15) is 22.9 Å². The molecule has 0 spiro atoms. The van der Waals surface area contributed by atoms with Gasteiger partial charge in [0.15, 0.2) is 0 Å². The molecule has 0 aromatic heterocycles. The van der Waals surface area contributed by atoms with Gasteiger partial charge in [0, 0.05) is 18.1 Å². The van der Waals surface area contributed by atoms with Gasteiger partial charge in [-0.25, -0.2) is 13.6 Å². The molecule has 23 heavy (non-hydrogen) atoms. The molecule has 0 saturated carbocycles. The van der Waals surface area contributed by atoms with Crippen LogP contribution in [0.15, 0.2) is 30.3 Å². The van der Waals surface area contributed by atoms with Crippen molar-refractivity contribution in [3.05, 3.63) is 53.1 Å². The molecule has 1 N–H and O–H groups in total. The molecule has 6 heteroatoms. The number of carbonyl (C=O) groups excluding carboxylic acids is 1. The Morgan fingerprint density at radius 3 is 2.43 bits per heavy atom. The van der Waals surface area contributed by atoms with E-state index in [9.17, 15) is 23.5 Å². The second-order valence-electron chi connectivity index (χ2n) is 4.93. The zero-order valence-corrected chi connectivity index (χ0v) is 12.5. The van der Waals surface area contributed by atoms with Crippen molar-refractivity contribution in [1.29, 1.82) is 0 Å². The number of esters is 1. The smallest absolute Gasteiger partial charge is 0.339 e. The first-order chi connectivity index (χ1) is 10.8. The second kappa shape index (κ2) is 6.56. The van der Waals surface area contributed by atoms with Crippen LogP contribution in [-0.2, 0) is 4.79 Å². The van der Waals surface area contributed by atoms with Crippen LogP contribution in [0, 0.1) is 18.6 Å². The van der Waals surface area contributed by atoms with Crippen LogP contribution in [0.3, 0.4) is 0 Å². The van der Waals surface area contributed by atoms with Crippen molar-refractivity contribution in [2.45, 2.75) is 20.3 Å². The van der Waals surface area contributed by atoms with E-state index < -0.39 is 23.6 Å². The molecule has 0 aliphatic rings. The van der Waals surface area contributed by atoms with E-state index in [1.165, 1.54) is 18.2 Å². The molecule has 0 atom stereocenters. The molecule has 0 bridgehead atoms. The number of aromatic carboxylic acids is 1. The molecule has 2 aromatic rings. The Balaban J connectivity index is 2.60. The number of aryl methyl sites for hydroxylation is 1. The molecule has 2 rings (SSSR count). The topological polar surface area (TPSA) is 63.6 Å². The maximum absolute atomic E-state index is 13.9. The number of carboxylic acid groups (broad SMARTS) is 1. The Labute approximate surface area is 131 Å². The third-order valence-corrected chi connectivity index (χ3v) is 3.25. The average Bonchev–Trinajstić information content (AvgIpc) is 2.48. The Kier molecular flexibility index (Phi) is 4.74. The lowest BCUT2D eigenvalue weighted by atomic mass is 9.98. The summed E-state index contributed by atoms with van der Waals surface area (Å²) >= 11 is 0. The molecule has 0 amide bonds. The highest BCUT2D eigenvalue weighted by Gasteiger charge is 2.19. The monoisotopic (exact) mass is 320 g/mol. The van der Waals surface area contributed by atoms with Gasteiger partial charge in [-0.1, -0.05) is 6.92 Å². The average molecular weight is 320 g/mol. The lowest BCUT2D eigenvalue weighted by Gasteiger charge is -2.13. The van der Waals surface area contributed by atoms with E-state index in [-0.39, 0.29) is 28.9 Å². The first-order valence-corrected chi connectivity index (χ1v) is 6.87. The Morgan fingerprint density at radius 2 is 1.87 bits per heavy atom. The van der Waals surface area contributed by atoms with Crippen LogP contribution < -0.4 is 4.74 Å². The summed E-state index contributed by atoms with van der Waals surface area (Å²) < 4.78 is 32.0. The lowest BCUT2D eigenvalue weighted by molar-refractivity contribution is -0.134. The molecular formula is C17H14F2O4. The van der Waals surface area contributed by atoms with Crippen LogP contribution >= 0.6 is 0 Å². The minimum atomic E-state index is -1.31. The highest BCUT2D eigenvalue weighted by Crippen LogP contribution is 2.32. The fourth-order valence-corrected chi connectivity index (χ4v) is 2.13. The fourth-order valence-electron chi connectivity index (χ4n) is 2.13. The highest BCUT2D eigenvalue weighted by molar-refractivity contribution is 5.94. The first-order valence-electron chi connectivity index (χ1n) is 6.87. The van der Waals surface area contributed by atoms with E-state index in [2.05, 4.69) is 0 Å². The van der Waals surface area contributed by atoms with Crippen molar-refractivity contribution in [2.24, 2.45) is 0 Å². The van der Waals surface area contributed by atoms with E-state index in [0.717, 1.165) is 12.1 Å². The van der Waals surface area contributed by atoms with Gasteiger partial charge >= 0.3 is 11.9 Å². The summed E-state index contributed by atoms with van der Waals surface area (Å²) in [5.41, 5.74) is 0.426. The molecule has 0 fully saturated rings. The number of rotatable bonds is 4. The maximum atomic E-state index is 13.9. The Bertz CT molecular complexity index is 784. The molecule has 0 saturated heterocycles. The Morgan fingerprint density at radius 1 is 1.17 bits per heavy atom. The summed E-state index contributed by atoms with van der Waals surface area (Å²) in [4.78, 5) is 22.9. The molecular weight excluding hydrogens is 306 g/mol. The van der Waals surface area contributed by atoms with Crippen molar-refractivity contribution < 1.29 is 28.2 Å². The number of hydrogen-bond acceptors (Lipinski definition) is 3. The van der Waals surface area contributed by atoms with Gasteiger partial charge < -0.3 is 9.84 Å². The summed E-state index contributed by atoms with van der Waals surface area (Å²) in [5.74, 6) is -3.49. The third-order valence-electron chi connectivity index (χ3n) is 3.25. The van der Waals surface area contributed by atoms with Crippen molar-refractivity contribution in [1.82, 2.24) is 0 Å². The van der Waals surface area contributed by atoms with Crippen molar-refractivity contribution in [2.75, 3.05) is 0 Å². The maximum Gasteiger partial charge on any atom is 0.339 e. The summed E-state index contributed by atoms with van der Waals surface area (Å²) in [6.07, 6.45) is 0.0901. The number of hydrogen-bond donors (Lipinski definition) is 1. The highest BCUT2D eigenvalue weighted by atomic mass is 19.1. The third kappa shape index (κ3) is 3.53. The summed E-state index contributed by atoms with van der Waals surface area (Å²) in [6.45, 7) is 3.13. The number of halogens is 2. The molecule has 0 heterocycles. The SMILES string of the molecule is CCC(=O)Oc1c(C)cc(-c2ccc(F)cc2F)cc1C(=O)O. The van der Waals surface area contributed by atoms with Crippen LogP contribution in [-0.4, -0.2) is 17.0 Å². The number of ether oxygens (including phenoxy) is 1.